The van der Waals surface area contributed by atoms with Gasteiger partial charge in [-0.15, -0.1) is 0 Å². The molecule has 1 aromatic carbocycles. The summed E-state index contributed by atoms with van der Waals surface area (Å²) in [5, 5.41) is 0. The lowest BCUT2D eigenvalue weighted by Gasteiger charge is -2.13. The van der Waals surface area contributed by atoms with Gasteiger partial charge in [-0.05, 0) is 67.6 Å². The Kier molecular flexibility index (Phi) is 5.53. The molecule has 8 heteroatoms. The third kappa shape index (κ3) is 5.03. The number of benzene rings is 1. The fourth-order valence-corrected chi connectivity index (χ4v) is 3.37. The zero-order valence-electron chi connectivity index (χ0n) is 14.2. The highest BCUT2D eigenvalue weighted by Gasteiger charge is 2.24. The van der Waals surface area contributed by atoms with E-state index in [0.29, 0.717) is 18.6 Å². The minimum atomic E-state index is -3.96. The van der Waals surface area contributed by atoms with Crippen LogP contribution in [-0.2, 0) is 21.2 Å². The van der Waals surface area contributed by atoms with Crippen LogP contribution >= 0.6 is 0 Å². The Labute approximate surface area is 152 Å². The first-order valence-corrected chi connectivity index (χ1v) is 9.90. The van der Waals surface area contributed by atoms with Crippen LogP contribution < -0.4 is 15.2 Å². The number of amides is 1. The van der Waals surface area contributed by atoms with Gasteiger partial charge in [0.15, 0.2) is 0 Å². The van der Waals surface area contributed by atoms with Crippen LogP contribution in [-0.4, -0.2) is 31.5 Å². The Morgan fingerprint density at radius 1 is 1.19 bits per heavy atom. The van der Waals surface area contributed by atoms with E-state index in [2.05, 4.69) is 4.98 Å². The second kappa shape index (κ2) is 7.84. The van der Waals surface area contributed by atoms with E-state index in [1.54, 1.807) is 24.5 Å². The van der Waals surface area contributed by atoms with Gasteiger partial charge < -0.3 is 10.5 Å². The number of aromatic nitrogens is 1. The SMILES string of the molecule is NC(CCc1ccncc1)C(=O)NS(=O)(=O)c1ccc(OC2CC2)cc1. The van der Waals surface area contributed by atoms with Crippen molar-refractivity contribution in [2.45, 2.75) is 42.7 Å². The van der Waals surface area contributed by atoms with Crippen LogP contribution in [0.4, 0.5) is 0 Å². The first-order chi connectivity index (χ1) is 12.4. The number of aryl methyl sites for hydroxylation is 1. The standard InChI is InChI=1S/C18H21N3O4S/c19-17(8-1-13-9-11-20-12-10-13)18(22)21-26(23,24)16-6-4-15(5-7-16)25-14-2-3-14/h4-7,9-12,14,17H,1-3,8,19H2,(H,21,22). The lowest BCUT2D eigenvalue weighted by Crippen LogP contribution is -2.43. The Balaban J connectivity index is 1.56. The van der Waals surface area contributed by atoms with Crippen molar-refractivity contribution in [1.82, 2.24) is 9.71 Å². The molecular weight excluding hydrogens is 354 g/mol. The number of carbonyl (C=O) groups excluding carboxylic acids is 1. The third-order valence-electron chi connectivity index (χ3n) is 4.03. The number of carbonyl (C=O) groups is 1. The summed E-state index contributed by atoms with van der Waals surface area (Å²) in [6, 6.07) is 8.72. The lowest BCUT2D eigenvalue weighted by molar-refractivity contribution is -0.120. The fraction of sp³-hybridized carbons (Fsp3) is 0.333. The van der Waals surface area contributed by atoms with E-state index in [4.69, 9.17) is 10.5 Å². The average molecular weight is 375 g/mol. The van der Waals surface area contributed by atoms with Gasteiger partial charge in [0.1, 0.15) is 5.75 Å². The van der Waals surface area contributed by atoms with Gasteiger partial charge in [0.05, 0.1) is 17.0 Å². The van der Waals surface area contributed by atoms with Crippen molar-refractivity contribution < 1.29 is 17.9 Å². The maximum absolute atomic E-state index is 12.3. The highest BCUT2D eigenvalue weighted by molar-refractivity contribution is 7.90. The minimum Gasteiger partial charge on any atom is -0.490 e. The first-order valence-electron chi connectivity index (χ1n) is 8.42. The third-order valence-corrected chi connectivity index (χ3v) is 5.39. The second-order valence-corrected chi connectivity index (χ2v) is 7.94. The quantitative estimate of drug-likeness (QED) is 0.721. The molecule has 26 heavy (non-hydrogen) atoms. The fourth-order valence-electron chi connectivity index (χ4n) is 2.35. The van der Waals surface area contributed by atoms with Gasteiger partial charge in [0.2, 0.25) is 0 Å². The molecule has 0 radical (unpaired) electrons. The monoisotopic (exact) mass is 375 g/mol. The highest BCUT2D eigenvalue weighted by atomic mass is 32.2. The molecule has 1 aromatic heterocycles. The van der Waals surface area contributed by atoms with E-state index in [1.165, 1.54) is 12.1 Å². The molecule has 2 aromatic rings. The zero-order chi connectivity index (χ0) is 18.6. The second-order valence-electron chi connectivity index (χ2n) is 6.26. The van der Waals surface area contributed by atoms with Gasteiger partial charge in [-0.2, -0.15) is 0 Å². The smallest absolute Gasteiger partial charge is 0.264 e. The van der Waals surface area contributed by atoms with Gasteiger partial charge in [-0.3, -0.25) is 9.78 Å². The molecule has 0 aliphatic heterocycles. The van der Waals surface area contributed by atoms with Gasteiger partial charge in [-0.1, -0.05) is 0 Å². The molecule has 1 aliphatic rings. The number of nitrogens with zero attached hydrogens (tertiary/aromatic N) is 1. The molecule has 1 unspecified atom stereocenters. The maximum Gasteiger partial charge on any atom is 0.264 e. The molecule has 1 fully saturated rings. The van der Waals surface area contributed by atoms with Gasteiger partial charge in [0.25, 0.3) is 15.9 Å². The summed E-state index contributed by atoms with van der Waals surface area (Å²) >= 11 is 0. The molecule has 1 atom stereocenters. The van der Waals surface area contributed by atoms with Gasteiger partial charge >= 0.3 is 0 Å². The molecule has 3 rings (SSSR count). The number of rotatable bonds is 8. The molecule has 0 bridgehead atoms. The normalized spacial score (nSPS) is 15.3. The largest absolute Gasteiger partial charge is 0.490 e. The molecule has 0 saturated heterocycles. The molecule has 138 valence electrons. The summed E-state index contributed by atoms with van der Waals surface area (Å²) in [4.78, 5) is 16.0. The number of pyridine rings is 1. The van der Waals surface area contributed by atoms with Crippen molar-refractivity contribution in [3.05, 3.63) is 54.4 Å². The molecule has 7 nitrogen and oxygen atoms in total. The van der Waals surface area contributed by atoms with E-state index in [9.17, 15) is 13.2 Å². The number of hydrogen-bond donors (Lipinski definition) is 2. The van der Waals surface area contributed by atoms with Crippen molar-refractivity contribution in [2.24, 2.45) is 5.73 Å². The number of nitrogens with one attached hydrogen (secondary N) is 1. The lowest BCUT2D eigenvalue weighted by atomic mass is 10.1. The number of ether oxygens (including phenoxy) is 1. The summed E-state index contributed by atoms with van der Waals surface area (Å²) in [5.41, 5.74) is 6.81. The van der Waals surface area contributed by atoms with Crippen molar-refractivity contribution in [1.29, 1.82) is 0 Å². The first kappa shape index (κ1) is 18.3. The molecular formula is C18H21N3O4S. The number of sulfonamides is 1. The number of nitrogens with two attached hydrogens (primary N) is 1. The highest BCUT2D eigenvalue weighted by Crippen LogP contribution is 2.27. The van der Waals surface area contributed by atoms with Crippen LogP contribution in [0.25, 0.3) is 0 Å². The summed E-state index contributed by atoms with van der Waals surface area (Å²) in [7, 11) is -3.96. The Bertz CT molecular complexity index is 850. The Hall–Kier alpha value is -2.45. The maximum atomic E-state index is 12.3. The predicted molar refractivity (Wildman–Crippen MR) is 96.0 cm³/mol. The van der Waals surface area contributed by atoms with Crippen molar-refractivity contribution in [3.8, 4) is 5.75 Å². The van der Waals surface area contributed by atoms with Crippen molar-refractivity contribution in [2.75, 3.05) is 0 Å². The van der Waals surface area contributed by atoms with Crippen LogP contribution in [0.3, 0.4) is 0 Å². The predicted octanol–water partition coefficient (Wildman–Crippen LogP) is 1.39. The van der Waals surface area contributed by atoms with Crippen LogP contribution in [0, 0.1) is 0 Å². The molecule has 3 N–H and O–H groups in total. The zero-order valence-corrected chi connectivity index (χ0v) is 15.0. The van der Waals surface area contributed by atoms with E-state index < -0.39 is 22.0 Å². The molecule has 0 spiro atoms. The van der Waals surface area contributed by atoms with Crippen molar-refractivity contribution >= 4 is 15.9 Å². The molecule has 1 heterocycles. The molecule has 1 aliphatic carbocycles. The Morgan fingerprint density at radius 2 is 1.85 bits per heavy atom. The molecule has 1 saturated carbocycles. The summed E-state index contributed by atoms with van der Waals surface area (Å²) in [6.45, 7) is 0. The van der Waals surface area contributed by atoms with Gasteiger partial charge in [0, 0.05) is 12.4 Å². The van der Waals surface area contributed by atoms with E-state index in [0.717, 1.165) is 18.4 Å². The summed E-state index contributed by atoms with van der Waals surface area (Å²) in [5.74, 6) is -0.107. The van der Waals surface area contributed by atoms with E-state index in [1.807, 2.05) is 16.9 Å². The van der Waals surface area contributed by atoms with E-state index in [-0.39, 0.29) is 11.0 Å². The van der Waals surface area contributed by atoms with Crippen LogP contribution in [0.1, 0.15) is 24.8 Å². The van der Waals surface area contributed by atoms with Crippen LogP contribution in [0.15, 0.2) is 53.7 Å². The molecule has 1 amide bonds. The van der Waals surface area contributed by atoms with Crippen LogP contribution in [0.5, 0.6) is 5.75 Å². The summed E-state index contributed by atoms with van der Waals surface area (Å²) < 4.78 is 32.3. The topological polar surface area (TPSA) is 111 Å². The van der Waals surface area contributed by atoms with Gasteiger partial charge in [-0.25, -0.2) is 13.1 Å². The van der Waals surface area contributed by atoms with E-state index >= 15 is 0 Å². The minimum absolute atomic E-state index is 0.00432. The average Bonchev–Trinajstić information content (AvgIpc) is 3.44. The van der Waals surface area contributed by atoms with Crippen molar-refractivity contribution in [3.63, 3.8) is 0 Å². The Morgan fingerprint density at radius 3 is 2.46 bits per heavy atom. The summed E-state index contributed by atoms with van der Waals surface area (Å²) in [6.07, 6.45) is 6.48. The number of hydrogen-bond acceptors (Lipinski definition) is 6. The van der Waals surface area contributed by atoms with Crippen LogP contribution in [0.2, 0.25) is 0 Å².